The number of fused-ring (bicyclic) bond motifs is 2. The second-order valence-electron chi connectivity index (χ2n) is 9.61. The lowest BCUT2D eigenvalue weighted by Crippen LogP contribution is -2.36. The number of hydrogen-bond acceptors (Lipinski definition) is 7. The average Bonchev–Trinajstić information content (AvgIpc) is 3.35. The number of anilines is 2. The summed E-state index contributed by atoms with van der Waals surface area (Å²) in [4.78, 5) is 36.1. The summed E-state index contributed by atoms with van der Waals surface area (Å²) in [6, 6.07) is 15.5. The third-order valence-corrected chi connectivity index (χ3v) is 6.83. The predicted octanol–water partition coefficient (Wildman–Crippen LogP) is 4.51. The van der Waals surface area contributed by atoms with Crippen molar-refractivity contribution in [2.45, 2.75) is 19.9 Å². The maximum Gasteiger partial charge on any atom is 0.261 e. The van der Waals surface area contributed by atoms with Gasteiger partial charge in [0.15, 0.2) is 5.82 Å². The van der Waals surface area contributed by atoms with Crippen molar-refractivity contribution in [3.8, 4) is 11.4 Å². The van der Waals surface area contributed by atoms with Crippen molar-refractivity contribution in [3.63, 3.8) is 0 Å². The van der Waals surface area contributed by atoms with Crippen molar-refractivity contribution >= 4 is 33.3 Å². The van der Waals surface area contributed by atoms with Crippen LogP contribution in [0.1, 0.15) is 25.7 Å². The minimum absolute atomic E-state index is 0.167. The number of pyridine rings is 1. The van der Waals surface area contributed by atoms with Gasteiger partial charge in [-0.25, -0.2) is 15.0 Å². The fraction of sp³-hybridized carbons (Fsp3) is 0.286. The van der Waals surface area contributed by atoms with Crippen molar-refractivity contribution in [1.82, 2.24) is 24.9 Å². The maximum atomic E-state index is 13.5. The van der Waals surface area contributed by atoms with Crippen LogP contribution in [0.2, 0.25) is 0 Å². The van der Waals surface area contributed by atoms with Gasteiger partial charge in [0.1, 0.15) is 11.4 Å². The molecule has 1 saturated heterocycles. The van der Waals surface area contributed by atoms with E-state index in [1.54, 1.807) is 18.5 Å². The summed E-state index contributed by atoms with van der Waals surface area (Å²) in [7, 11) is 0. The van der Waals surface area contributed by atoms with Crippen molar-refractivity contribution in [3.05, 3.63) is 77.1 Å². The topological polar surface area (TPSA) is 112 Å². The maximum absolute atomic E-state index is 13.5. The Morgan fingerprint density at radius 2 is 1.76 bits per heavy atom. The molecule has 1 aliphatic rings. The van der Waals surface area contributed by atoms with Crippen LogP contribution in [0.25, 0.3) is 33.3 Å². The van der Waals surface area contributed by atoms with E-state index in [0.717, 1.165) is 53.9 Å². The Morgan fingerprint density at radius 3 is 2.54 bits per heavy atom. The molecule has 0 spiro atoms. The fourth-order valence-corrected chi connectivity index (χ4v) is 4.91. The molecule has 188 valence electrons. The fourth-order valence-electron chi connectivity index (χ4n) is 4.91. The van der Waals surface area contributed by atoms with Crippen LogP contribution >= 0.6 is 0 Å². The summed E-state index contributed by atoms with van der Waals surface area (Å²) in [6.07, 6.45) is 3.48. The number of nitrogens with zero attached hydrogens (tertiary/aromatic N) is 4. The van der Waals surface area contributed by atoms with Gasteiger partial charge < -0.3 is 24.9 Å². The largest absolute Gasteiger partial charge is 0.378 e. The molecule has 6 rings (SSSR count). The van der Waals surface area contributed by atoms with Gasteiger partial charge in [-0.3, -0.25) is 4.79 Å². The normalized spacial score (nSPS) is 14.9. The Balaban J connectivity index is 1.49. The quantitative estimate of drug-likeness (QED) is 0.318. The first-order chi connectivity index (χ1) is 18.1. The molecule has 3 aromatic heterocycles. The highest BCUT2D eigenvalue weighted by Crippen LogP contribution is 2.35. The van der Waals surface area contributed by atoms with Crippen LogP contribution in [0.15, 0.2) is 65.7 Å². The molecular weight excluding hydrogens is 466 g/mol. The Bertz CT molecular complexity index is 1600. The molecule has 0 unspecified atom stereocenters. The number of para-hydroxylation sites is 1. The molecule has 3 N–H and O–H groups in total. The van der Waals surface area contributed by atoms with Crippen molar-refractivity contribution < 1.29 is 4.74 Å². The van der Waals surface area contributed by atoms with Gasteiger partial charge in [0.2, 0.25) is 0 Å². The molecule has 0 radical (unpaired) electrons. The molecule has 1 aliphatic heterocycles. The standard InChI is InChI=1S/C28H29N7O2/c1-17(2)24(27-29-10-5-11-30-27)34-25-19-6-3-4-7-20(19)33-28(36)23(25)26-31-21-9-8-18(16-22(21)32-26)35-12-14-37-15-13-35/h3-11,16-17,24H,12-15H2,1-2H3,(H,31,32)(H2,33,34,36)/t24-/m1/s1. The summed E-state index contributed by atoms with van der Waals surface area (Å²) in [5.41, 5.74) is 4.49. The average molecular weight is 496 g/mol. The smallest absolute Gasteiger partial charge is 0.261 e. The molecule has 0 amide bonds. The van der Waals surface area contributed by atoms with Crippen LogP contribution in [0.5, 0.6) is 0 Å². The lowest BCUT2D eigenvalue weighted by Gasteiger charge is -2.28. The SMILES string of the molecule is CC(C)[C@@H](Nc1c(-c2nc3ccc(N4CCOCC4)cc3[nH]2)c(=O)[nH]c2ccccc12)c1ncccn1. The summed E-state index contributed by atoms with van der Waals surface area (Å²) >= 11 is 0. The zero-order valence-corrected chi connectivity index (χ0v) is 20.9. The summed E-state index contributed by atoms with van der Waals surface area (Å²) < 4.78 is 5.50. The Kier molecular flexibility index (Phi) is 6.05. The van der Waals surface area contributed by atoms with Crippen LogP contribution in [0.4, 0.5) is 11.4 Å². The Hall–Kier alpha value is -4.24. The summed E-state index contributed by atoms with van der Waals surface area (Å²) in [5.74, 6) is 1.35. The van der Waals surface area contributed by atoms with Crippen molar-refractivity contribution in [2.75, 3.05) is 36.5 Å². The number of nitrogens with one attached hydrogen (secondary N) is 3. The number of morpholine rings is 1. The zero-order chi connectivity index (χ0) is 25.4. The summed E-state index contributed by atoms with van der Waals surface area (Å²) in [5, 5.41) is 4.52. The molecule has 1 fully saturated rings. The third-order valence-electron chi connectivity index (χ3n) is 6.83. The van der Waals surface area contributed by atoms with Gasteiger partial charge in [-0.1, -0.05) is 32.0 Å². The molecular formula is C28H29N7O2. The highest BCUT2D eigenvalue weighted by molar-refractivity contribution is 5.99. The van der Waals surface area contributed by atoms with E-state index in [2.05, 4.69) is 56.1 Å². The van der Waals surface area contributed by atoms with Gasteiger partial charge in [0.25, 0.3) is 5.56 Å². The number of hydrogen-bond donors (Lipinski definition) is 3. The number of rotatable bonds is 6. The monoisotopic (exact) mass is 495 g/mol. The Morgan fingerprint density at radius 1 is 0.973 bits per heavy atom. The van der Waals surface area contributed by atoms with E-state index < -0.39 is 0 Å². The van der Waals surface area contributed by atoms with Crippen LogP contribution in [0.3, 0.4) is 0 Å². The van der Waals surface area contributed by atoms with Gasteiger partial charge in [0, 0.05) is 36.6 Å². The van der Waals surface area contributed by atoms with E-state index in [1.807, 2.05) is 30.3 Å². The van der Waals surface area contributed by atoms with Crippen LogP contribution in [0, 0.1) is 5.92 Å². The van der Waals surface area contributed by atoms with E-state index in [9.17, 15) is 4.79 Å². The highest BCUT2D eigenvalue weighted by Gasteiger charge is 2.24. The Labute approximate surface area is 213 Å². The lowest BCUT2D eigenvalue weighted by molar-refractivity contribution is 0.122. The molecule has 5 aromatic rings. The molecule has 1 atom stereocenters. The molecule has 0 saturated carbocycles. The lowest BCUT2D eigenvalue weighted by atomic mass is 10.0. The minimum atomic E-state index is -0.217. The van der Waals surface area contributed by atoms with Gasteiger partial charge in [-0.15, -0.1) is 0 Å². The van der Waals surface area contributed by atoms with Gasteiger partial charge in [0.05, 0.1) is 41.5 Å². The molecule has 2 aromatic carbocycles. The second-order valence-corrected chi connectivity index (χ2v) is 9.61. The number of ether oxygens (including phenoxy) is 1. The predicted molar refractivity (Wildman–Crippen MR) is 146 cm³/mol. The van der Waals surface area contributed by atoms with E-state index in [0.29, 0.717) is 22.9 Å². The van der Waals surface area contributed by atoms with Gasteiger partial charge in [-0.2, -0.15) is 0 Å². The molecule has 0 aliphatic carbocycles. The molecule has 4 heterocycles. The van der Waals surface area contributed by atoms with E-state index in [-0.39, 0.29) is 17.5 Å². The molecule has 0 bridgehead atoms. The van der Waals surface area contributed by atoms with Crippen LogP contribution in [-0.4, -0.2) is 51.2 Å². The van der Waals surface area contributed by atoms with Crippen molar-refractivity contribution in [1.29, 1.82) is 0 Å². The van der Waals surface area contributed by atoms with Gasteiger partial charge >= 0.3 is 0 Å². The van der Waals surface area contributed by atoms with Crippen molar-refractivity contribution in [2.24, 2.45) is 5.92 Å². The first kappa shape index (κ1) is 23.2. The summed E-state index contributed by atoms with van der Waals surface area (Å²) in [6.45, 7) is 7.35. The van der Waals surface area contributed by atoms with Crippen LogP contribution < -0.4 is 15.8 Å². The van der Waals surface area contributed by atoms with Crippen LogP contribution in [-0.2, 0) is 4.74 Å². The van der Waals surface area contributed by atoms with E-state index in [1.165, 1.54) is 0 Å². The number of H-pyrrole nitrogens is 2. The van der Waals surface area contributed by atoms with E-state index in [4.69, 9.17) is 9.72 Å². The number of aromatic nitrogens is 5. The zero-order valence-electron chi connectivity index (χ0n) is 20.9. The molecule has 37 heavy (non-hydrogen) atoms. The van der Waals surface area contributed by atoms with Gasteiger partial charge in [-0.05, 0) is 36.2 Å². The first-order valence-corrected chi connectivity index (χ1v) is 12.6. The molecule has 9 heteroatoms. The third kappa shape index (κ3) is 4.42. The number of imidazole rings is 1. The molecule has 9 nitrogen and oxygen atoms in total. The second kappa shape index (κ2) is 9.67. The highest BCUT2D eigenvalue weighted by atomic mass is 16.5. The number of benzene rings is 2. The van der Waals surface area contributed by atoms with E-state index >= 15 is 0 Å². The minimum Gasteiger partial charge on any atom is -0.378 e. The first-order valence-electron chi connectivity index (χ1n) is 12.6. The number of aromatic amines is 2.